The second-order valence-electron chi connectivity index (χ2n) is 5.69. The first kappa shape index (κ1) is 14.0. The number of aliphatic imine (C=N–C) groups is 1. The van der Waals surface area contributed by atoms with Gasteiger partial charge in [0.05, 0.1) is 6.54 Å². The molecule has 0 amide bonds. The predicted molar refractivity (Wildman–Crippen MR) is 79.7 cm³/mol. The van der Waals surface area contributed by atoms with E-state index in [2.05, 4.69) is 22.7 Å². The molecule has 1 saturated carbocycles. The van der Waals surface area contributed by atoms with Crippen LogP contribution < -0.4 is 16.6 Å². The second kappa shape index (κ2) is 6.66. The van der Waals surface area contributed by atoms with Crippen LogP contribution in [-0.4, -0.2) is 29.0 Å². The van der Waals surface area contributed by atoms with E-state index in [1.54, 1.807) is 0 Å². The van der Waals surface area contributed by atoms with E-state index in [9.17, 15) is 0 Å². The van der Waals surface area contributed by atoms with Crippen molar-refractivity contribution in [1.82, 2.24) is 10.7 Å². The summed E-state index contributed by atoms with van der Waals surface area (Å²) in [6, 6.07) is 0.553. The van der Waals surface area contributed by atoms with Gasteiger partial charge in [0.1, 0.15) is 0 Å². The maximum Gasteiger partial charge on any atom is 0.205 e. The fourth-order valence-corrected chi connectivity index (χ4v) is 4.01. The lowest BCUT2D eigenvalue weighted by atomic mass is 9.96. The van der Waals surface area contributed by atoms with Crippen molar-refractivity contribution in [3.05, 3.63) is 0 Å². The van der Waals surface area contributed by atoms with Crippen LogP contribution in [0.5, 0.6) is 0 Å². The molecule has 0 radical (unpaired) electrons. The van der Waals surface area contributed by atoms with Gasteiger partial charge in [-0.1, -0.05) is 19.3 Å². The first-order valence-corrected chi connectivity index (χ1v) is 8.12. The van der Waals surface area contributed by atoms with Crippen molar-refractivity contribution in [2.45, 2.75) is 62.7 Å². The molecule has 4 N–H and O–H groups in total. The minimum Gasteiger partial charge on any atom is -0.353 e. The van der Waals surface area contributed by atoms with Crippen molar-refractivity contribution >= 4 is 17.7 Å². The molecule has 0 spiro atoms. The number of hydrazine groups is 1. The highest BCUT2D eigenvalue weighted by Crippen LogP contribution is 2.37. The van der Waals surface area contributed by atoms with E-state index in [1.807, 2.05) is 11.8 Å². The molecule has 1 aliphatic heterocycles. The molecule has 0 aromatic heterocycles. The Balaban J connectivity index is 1.82. The highest BCUT2D eigenvalue weighted by atomic mass is 32.2. The summed E-state index contributed by atoms with van der Waals surface area (Å²) >= 11 is 2.04. The van der Waals surface area contributed by atoms with E-state index in [-0.39, 0.29) is 0 Å². The molecule has 1 unspecified atom stereocenters. The molecule has 1 heterocycles. The SMILES string of the molecule is CC1(CN=C(NN)NC2CCCCC2)CCCS1. The highest BCUT2D eigenvalue weighted by molar-refractivity contribution is 8.00. The third-order valence-electron chi connectivity index (χ3n) is 3.95. The van der Waals surface area contributed by atoms with E-state index in [4.69, 9.17) is 5.84 Å². The fourth-order valence-electron chi connectivity index (χ4n) is 2.78. The molecule has 1 aliphatic carbocycles. The lowest BCUT2D eigenvalue weighted by Crippen LogP contribution is -2.47. The Bertz CT molecular complexity index is 281. The van der Waals surface area contributed by atoms with E-state index < -0.39 is 0 Å². The Morgan fingerprint density at radius 2 is 2.11 bits per heavy atom. The van der Waals surface area contributed by atoms with Crippen molar-refractivity contribution in [1.29, 1.82) is 0 Å². The van der Waals surface area contributed by atoms with Crippen LogP contribution in [0.25, 0.3) is 0 Å². The van der Waals surface area contributed by atoms with Gasteiger partial charge in [-0.25, -0.2) is 5.84 Å². The van der Waals surface area contributed by atoms with Crippen LogP contribution in [0.2, 0.25) is 0 Å². The first-order valence-electron chi connectivity index (χ1n) is 7.13. The second-order valence-corrected chi connectivity index (χ2v) is 7.37. The number of rotatable bonds is 3. The molecule has 2 fully saturated rings. The standard InChI is InChI=1S/C13H26N4S/c1-13(8-5-9-18-13)10-15-12(17-14)16-11-6-3-2-4-7-11/h11H,2-10,14H2,1H3,(H2,15,16,17). The fraction of sp³-hybridized carbons (Fsp3) is 0.923. The molecule has 0 aromatic carbocycles. The van der Waals surface area contributed by atoms with Gasteiger partial charge in [-0.2, -0.15) is 11.8 Å². The number of guanidine groups is 1. The maximum absolute atomic E-state index is 5.57. The first-order chi connectivity index (χ1) is 8.72. The van der Waals surface area contributed by atoms with Gasteiger partial charge in [0.15, 0.2) is 0 Å². The van der Waals surface area contributed by atoms with Crippen LogP contribution >= 0.6 is 11.8 Å². The zero-order chi connectivity index (χ0) is 12.8. The van der Waals surface area contributed by atoms with Crippen LogP contribution in [0.1, 0.15) is 51.9 Å². The molecular formula is C13H26N4S. The maximum atomic E-state index is 5.57. The average molecular weight is 270 g/mol. The molecule has 2 rings (SSSR count). The smallest absolute Gasteiger partial charge is 0.205 e. The average Bonchev–Trinajstić information content (AvgIpc) is 2.83. The van der Waals surface area contributed by atoms with E-state index in [1.165, 1.54) is 50.7 Å². The summed E-state index contributed by atoms with van der Waals surface area (Å²) in [6.45, 7) is 3.17. The Morgan fingerprint density at radius 1 is 1.33 bits per heavy atom. The van der Waals surface area contributed by atoms with Crippen LogP contribution in [-0.2, 0) is 0 Å². The molecular weight excluding hydrogens is 244 g/mol. The molecule has 0 bridgehead atoms. The predicted octanol–water partition coefficient (Wildman–Crippen LogP) is 2.01. The number of nitrogens with zero attached hydrogens (tertiary/aromatic N) is 1. The summed E-state index contributed by atoms with van der Waals surface area (Å²) in [5, 5.41) is 3.45. The van der Waals surface area contributed by atoms with Gasteiger partial charge in [0.2, 0.25) is 5.96 Å². The third kappa shape index (κ3) is 4.05. The van der Waals surface area contributed by atoms with Crippen molar-refractivity contribution in [2.24, 2.45) is 10.8 Å². The summed E-state index contributed by atoms with van der Waals surface area (Å²) in [6.07, 6.45) is 9.08. The van der Waals surface area contributed by atoms with Gasteiger partial charge in [-0.3, -0.25) is 10.4 Å². The van der Waals surface area contributed by atoms with Crippen molar-refractivity contribution in [2.75, 3.05) is 12.3 Å². The zero-order valence-electron chi connectivity index (χ0n) is 11.4. The Labute approximate surface area is 115 Å². The van der Waals surface area contributed by atoms with Crippen LogP contribution in [0.3, 0.4) is 0 Å². The summed E-state index contributed by atoms with van der Waals surface area (Å²) in [4.78, 5) is 4.64. The largest absolute Gasteiger partial charge is 0.353 e. The normalized spacial score (nSPS) is 30.4. The number of hydrogen-bond donors (Lipinski definition) is 3. The minimum absolute atomic E-state index is 0.316. The summed E-state index contributed by atoms with van der Waals surface area (Å²) in [5.41, 5.74) is 2.72. The monoisotopic (exact) mass is 270 g/mol. The van der Waals surface area contributed by atoms with Crippen molar-refractivity contribution in [3.63, 3.8) is 0 Å². The molecule has 4 nitrogen and oxygen atoms in total. The Kier molecular flexibility index (Phi) is 5.18. The number of nitrogens with two attached hydrogens (primary N) is 1. The third-order valence-corrected chi connectivity index (χ3v) is 5.48. The number of hydrogen-bond acceptors (Lipinski definition) is 3. The molecule has 2 aliphatic rings. The Morgan fingerprint density at radius 3 is 2.72 bits per heavy atom. The summed E-state index contributed by atoms with van der Waals surface area (Å²) < 4.78 is 0.316. The van der Waals surface area contributed by atoms with E-state index in [0.717, 1.165) is 12.5 Å². The molecule has 18 heavy (non-hydrogen) atoms. The van der Waals surface area contributed by atoms with E-state index >= 15 is 0 Å². The minimum atomic E-state index is 0.316. The van der Waals surface area contributed by atoms with Gasteiger partial charge in [-0.05, 0) is 38.4 Å². The highest BCUT2D eigenvalue weighted by Gasteiger charge is 2.29. The molecule has 104 valence electrons. The van der Waals surface area contributed by atoms with Gasteiger partial charge in [0, 0.05) is 10.8 Å². The molecule has 5 heteroatoms. The number of nitrogens with one attached hydrogen (secondary N) is 2. The van der Waals surface area contributed by atoms with E-state index in [0.29, 0.717) is 10.8 Å². The lowest BCUT2D eigenvalue weighted by Gasteiger charge is -2.25. The van der Waals surface area contributed by atoms with Gasteiger partial charge in [0.25, 0.3) is 0 Å². The van der Waals surface area contributed by atoms with Crippen LogP contribution in [0.15, 0.2) is 4.99 Å². The molecule has 1 atom stereocenters. The van der Waals surface area contributed by atoms with Gasteiger partial charge < -0.3 is 5.32 Å². The Hall–Kier alpha value is -0.420. The molecule has 0 aromatic rings. The van der Waals surface area contributed by atoms with Gasteiger partial charge >= 0.3 is 0 Å². The quantitative estimate of drug-likeness (QED) is 0.318. The van der Waals surface area contributed by atoms with Crippen LogP contribution in [0, 0.1) is 0 Å². The topological polar surface area (TPSA) is 62.4 Å². The van der Waals surface area contributed by atoms with Gasteiger partial charge in [-0.15, -0.1) is 0 Å². The lowest BCUT2D eigenvalue weighted by molar-refractivity contribution is 0.409. The van der Waals surface area contributed by atoms with Crippen LogP contribution in [0.4, 0.5) is 0 Å². The molecule has 1 saturated heterocycles. The van der Waals surface area contributed by atoms with Crippen molar-refractivity contribution < 1.29 is 0 Å². The van der Waals surface area contributed by atoms with Crippen molar-refractivity contribution in [3.8, 4) is 0 Å². The summed E-state index contributed by atoms with van der Waals surface area (Å²) in [7, 11) is 0. The number of thioether (sulfide) groups is 1. The zero-order valence-corrected chi connectivity index (χ0v) is 12.2. The summed E-state index contributed by atoms with van der Waals surface area (Å²) in [5.74, 6) is 7.61.